The van der Waals surface area contributed by atoms with E-state index in [4.69, 9.17) is 4.84 Å². The van der Waals surface area contributed by atoms with E-state index >= 15 is 0 Å². The molecule has 0 radical (unpaired) electrons. The number of amides is 2. The molecule has 7 nitrogen and oxygen atoms in total. The Kier molecular flexibility index (Phi) is 4.70. The maximum atomic E-state index is 14.2. The Bertz CT molecular complexity index is 1100. The number of nitrogens with zero attached hydrogens (tertiary/aromatic N) is 1. The van der Waals surface area contributed by atoms with Crippen LogP contribution in [0.5, 0.6) is 0 Å². The number of hydroxylamine groups is 2. The summed E-state index contributed by atoms with van der Waals surface area (Å²) < 4.78 is 39.7. The maximum Gasteiger partial charge on any atom is 0.366 e. The van der Waals surface area contributed by atoms with Crippen molar-refractivity contribution in [2.24, 2.45) is 0 Å². The zero-order chi connectivity index (χ0) is 20.8. The highest BCUT2D eigenvalue weighted by molar-refractivity contribution is 7.92. The number of imide groups is 1. The van der Waals surface area contributed by atoms with Crippen molar-refractivity contribution in [3.05, 3.63) is 65.0 Å². The molecule has 1 saturated carbocycles. The number of hydrogen-bond donors (Lipinski definition) is 0. The molecule has 150 valence electrons. The summed E-state index contributed by atoms with van der Waals surface area (Å²) in [5.74, 6) is -4.05. The number of sulfone groups is 1. The maximum absolute atomic E-state index is 14.2. The Morgan fingerprint density at radius 1 is 1.00 bits per heavy atom. The molecule has 0 saturated heterocycles. The molecule has 4 rings (SSSR count). The number of rotatable bonds is 4. The average molecular weight is 417 g/mol. The van der Waals surface area contributed by atoms with Crippen molar-refractivity contribution in [1.82, 2.24) is 5.06 Å². The molecule has 9 heteroatoms. The highest BCUT2D eigenvalue weighted by Crippen LogP contribution is 2.31. The Morgan fingerprint density at radius 2 is 1.59 bits per heavy atom. The number of benzene rings is 2. The van der Waals surface area contributed by atoms with Gasteiger partial charge in [-0.25, -0.2) is 17.6 Å². The van der Waals surface area contributed by atoms with E-state index in [0.717, 1.165) is 31.0 Å². The van der Waals surface area contributed by atoms with Gasteiger partial charge >= 0.3 is 5.97 Å². The summed E-state index contributed by atoms with van der Waals surface area (Å²) in [7, 11) is -3.73. The normalized spacial score (nSPS) is 16.9. The Labute approximate surface area is 165 Å². The van der Waals surface area contributed by atoms with Crippen molar-refractivity contribution in [3.63, 3.8) is 0 Å². The third-order valence-corrected chi connectivity index (χ3v) is 7.42. The minimum Gasteiger partial charge on any atom is -0.324 e. The van der Waals surface area contributed by atoms with Crippen LogP contribution < -0.4 is 0 Å². The Balaban J connectivity index is 1.61. The quantitative estimate of drug-likeness (QED) is 0.560. The van der Waals surface area contributed by atoms with Crippen LogP contribution in [-0.2, 0) is 14.7 Å². The predicted octanol–water partition coefficient (Wildman–Crippen LogP) is 2.91. The molecule has 1 aliphatic heterocycles. The van der Waals surface area contributed by atoms with Crippen LogP contribution in [0.2, 0.25) is 0 Å². The number of fused-ring (bicyclic) bond motifs is 1. The van der Waals surface area contributed by atoms with Gasteiger partial charge in [0.2, 0.25) is 0 Å². The summed E-state index contributed by atoms with van der Waals surface area (Å²) in [6.07, 6.45) is 2.60. The lowest BCUT2D eigenvalue weighted by Crippen LogP contribution is -2.33. The number of carbonyl (C=O) groups excluding carboxylic acids is 3. The fourth-order valence-electron chi connectivity index (χ4n) is 3.61. The molecular formula is C20H16FNO6S. The molecule has 0 unspecified atom stereocenters. The lowest BCUT2D eigenvalue weighted by Gasteiger charge is -2.15. The second-order valence-electron chi connectivity index (χ2n) is 6.92. The van der Waals surface area contributed by atoms with Gasteiger partial charge in [-0.1, -0.05) is 30.0 Å². The molecule has 1 heterocycles. The van der Waals surface area contributed by atoms with Crippen molar-refractivity contribution in [1.29, 1.82) is 0 Å². The van der Waals surface area contributed by atoms with Crippen LogP contribution in [0.1, 0.15) is 56.8 Å². The van der Waals surface area contributed by atoms with Crippen LogP contribution in [0.4, 0.5) is 4.39 Å². The SMILES string of the molecule is O=C(ON1C(=O)c2ccccc2C1=O)c1cc(S(=O)(=O)C2CCCC2)ccc1F. The van der Waals surface area contributed by atoms with E-state index in [1.807, 2.05) is 0 Å². The third-order valence-electron chi connectivity index (χ3n) is 5.16. The first kappa shape index (κ1) is 19.3. The molecule has 0 bridgehead atoms. The highest BCUT2D eigenvalue weighted by atomic mass is 32.2. The summed E-state index contributed by atoms with van der Waals surface area (Å²) in [4.78, 5) is 41.7. The number of carbonyl (C=O) groups is 3. The van der Waals surface area contributed by atoms with E-state index in [-0.39, 0.29) is 21.1 Å². The van der Waals surface area contributed by atoms with Gasteiger partial charge in [-0.3, -0.25) is 9.59 Å². The van der Waals surface area contributed by atoms with Gasteiger partial charge in [0.15, 0.2) is 9.84 Å². The largest absolute Gasteiger partial charge is 0.366 e. The molecule has 2 aromatic rings. The smallest absolute Gasteiger partial charge is 0.324 e. The van der Waals surface area contributed by atoms with Gasteiger partial charge in [-0.2, -0.15) is 0 Å². The van der Waals surface area contributed by atoms with Crippen molar-refractivity contribution in [2.75, 3.05) is 0 Å². The summed E-state index contributed by atoms with van der Waals surface area (Å²) in [6.45, 7) is 0. The fourth-order valence-corrected chi connectivity index (χ4v) is 5.49. The van der Waals surface area contributed by atoms with Gasteiger partial charge in [-0.05, 0) is 43.2 Å². The second kappa shape index (κ2) is 7.07. The van der Waals surface area contributed by atoms with Crippen LogP contribution in [0.15, 0.2) is 47.4 Å². The highest BCUT2D eigenvalue weighted by Gasteiger charge is 2.39. The molecule has 0 atom stereocenters. The minimum atomic E-state index is -3.73. The minimum absolute atomic E-state index is 0.0586. The molecule has 0 spiro atoms. The average Bonchev–Trinajstić information content (AvgIpc) is 3.33. The summed E-state index contributed by atoms with van der Waals surface area (Å²) in [5.41, 5.74) is -0.549. The first-order valence-electron chi connectivity index (χ1n) is 9.04. The Morgan fingerprint density at radius 3 is 2.17 bits per heavy atom. The van der Waals surface area contributed by atoms with Crippen LogP contribution in [0.3, 0.4) is 0 Å². The standard InChI is InChI=1S/C20H16FNO6S/c21-17-10-9-13(29(26,27)12-5-1-2-6-12)11-16(17)20(25)28-22-18(23)14-7-3-4-8-15(14)19(22)24/h3-4,7-12H,1-2,5-6H2. The predicted molar refractivity (Wildman–Crippen MR) is 98.2 cm³/mol. The van der Waals surface area contributed by atoms with E-state index in [1.54, 1.807) is 12.1 Å². The van der Waals surface area contributed by atoms with E-state index in [0.29, 0.717) is 12.8 Å². The first-order valence-corrected chi connectivity index (χ1v) is 10.6. The van der Waals surface area contributed by atoms with Gasteiger partial charge in [0.05, 0.1) is 26.8 Å². The van der Waals surface area contributed by atoms with Crippen molar-refractivity contribution in [2.45, 2.75) is 35.8 Å². The Hall–Kier alpha value is -3.07. The summed E-state index contributed by atoms with van der Waals surface area (Å²) in [6, 6.07) is 8.75. The van der Waals surface area contributed by atoms with E-state index in [9.17, 15) is 27.2 Å². The van der Waals surface area contributed by atoms with Crippen LogP contribution in [0, 0.1) is 5.82 Å². The topological polar surface area (TPSA) is 97.8 Å². The van der Waals surface area contributed by atoms with E-state index in [1.165, 1.54) is 12.1 Å². The van der Waals surface area contributed by atoms with Crippen molar-refractivity contribution in [3.8, 4) is 0 Å². The van der Waals surface area contributed by atoms with Crippen LogP contribution in [-0.4, -0.2) is 36.5 Å². The molecule has 2 aromatic carbocycles. The number of halogens is 1. The summed E-state index contributed by atoms with van der Waals surface area (Å²) >= 11 is 0. The molecule has 2 amide bonds. The fraction of sp³-hybridized carbons (Fsp3) is 0.250. The van der Waals surface area contributed by atoms with Crippen LogP contribution in [0.25, 0.3) is 0 Å². The first-order chi connectivity index (χ1) is 13.8. The van der Waals surface area contributed by atoms with Crippen molar-refractivity contribution < 1.29 is 32.0 Å². The lowest BCUT2D eigenvalue weighted by atomic mass is 10.1. The summed E-state index contributed by atoms with van der Waals surface area (Å²) in [5, 5.41) is -0.321. The molecule has 1 aliphatic carbocycles. The molecule has 0 aromatic heterocycles. The second-order valence-corrected chi connectivity index (χ2v) is 9.15. The van der Waals surface area contributed by atoms with E-state index < -0.39 is 44.3 Å². The monoisotopic (exact) mass is 417 g/mol. The molecule has 0 N–H and O–H groups in total. The zero-order valence-corrected chi connectivity index (χ0v) is 15.9. The molecular weight excluding hydrogens is 401 g/mol. The molecule has 1 fully saturated rings. The van der Waals surface area contributed by atoms with Crippen molar-refractivity contribution >= 4 is 27.6 Å². The van der Waals surface area contributed by atoms with Gasteiger partial charge in [-0.15, -0.1) is 0 Å². The van der Waals surface area contributed by atoms with Gasteiger partial charge in [0.25, 0.3) is 11.8 Å². The third kappa shape index (κ3) is 3.21. The van der Waals surface area contributed by atoms with Crippen LogP contribution >= 0.6 is 0 Å². The van der Waals surface area contributed by atoms with Gasteiger partial charge < -0.3 is 4.84 Å². The molecule has 2 aliphatic rings. The van der Waals surface area contributed by atoms with E-state index in [2.05, 4.69) is 0 Å². The van der Waals surface area contributed by atoms with Gasteiger partial charge in [0, 0.05) is 0 Å². The van der Waals surface area contributed by atoms with Gasteiger partial charge in [0.1, 0.15) is 5.82 Å². The zero-order valence-electron chi connectivity index (χ0n) is 15.1. The number of hydrogen-bond acceptors (Lipinski definition) is 6. The lowest BCUT2D eigenvalue weighted by molar-refractivity contribution is -0.0587. The molecule has 29 heavy (non-hydrogen) atoms.